The van der Waals surface area contributed by atoms with Crippen LogP contribution in [-0.4, -0.2) is 11.7 Å². The Hall–Kier alpha value is -2.22. The van der Waals surface area contributed by atoms with E-state index in [1.54, 1.807) is 5.57 Å². The van der Waals surface area contributed by atoms with Crippen LogP contribution in [0.5, 0.6) is 5.75 Å². The summed E-state index contributed by atoms with van der Waals surface area (Å²) in [4.78, 5) is 0. The van der Waals surface area contributed by atoms with Crippen molar-refractivity contribution in [1.82, 2.24) is 0 Å². The largest absolute Gasteiger partial charge is 0.508 e. The number of phenols is 1. The lowest BCUT2D eigenvalue weighted by molar-refractivity contribution is 0.459. The maximum absolute atomic E-state index is 10.7. The highest BCUT2D eigenvalue weighted by atomic mass is 16.3. The fraction of sp³-hybridized carbons (Fsp3) is 0.417. The number of phenolic OH excluding ortho intramolecular Hbond substituents is 1. The zero-order chi connectivity index (χ0) is 17.9. The van der Waals surface area contributed by atoms with Crippen LogP contribution in [0.2, 0.25) is 0 Å². The maximum Gasteiger partial charge on any atom is 0.119 e. The molecule has 0 amide bonds. The third-order valence-corrected chi connectivity index (χ3v) is 6.04. The van der Waals surface area contributed by atoms with Crippen LogP contribution in [0.3, 0.4) is 0 Å². The van der Waals surface area contributed by atoms with Crippen molar-refractivity contribution in [2.45, 2.75) is 57.8 Å². The minimum atomic E-state index is 0.368. The molecule has 2 heteroatoms. The number of aromatic hydroxyl groups is 1. The predicted molar refractivity (Wildman–Crippen MR) is 110 cm³/mol. The summed E-state index contributed by atoms with van der Waals surface area (Å²) in [7, 11) is 0. The SMILES string of the molecule is CC(CCCc1ccccc1)c1cc2c(cc1O)C1=C(CCCC1)CN2. The van der Waals surface area contributed by atoms with Crippen LogP contribution in [0.25, 0.3) is 5.57 Å². The molecule has 26 heavy (non-hydrogen) atoms. The first kappa shape index (κ1) is 17.2. The van der Waals surface area contributed by atoms with E-state index in [1.165, 1.54) is 41.6 Å². The maximum atomic E-state index is 10.7. The molecule has 1 heterocycles. The predicted octanol–water partition coefficient (Wildman–Crippen LogP) is 6.27. The average Bonchev–Trinajstić information content (AvgIpc) is 2.68. The monoisotopic (exact) mass is 347 g/mol. The molecule has 136 valence electrons. The molecule has 0 bridgehead atoms. The van der Waals surface area contributed by atoms with Gasteiger partial charge in [0.25, 0.3) is 0 Å². The highest BCUT2D eigenvalue weighted by molar-refractivity contribution is 5.83. The normalized spacial score (nSPS) is 17.3. The van der Waals surface area contributed by atoms with Gasteiger partial charge in [-0.05, 0) is 85.3 Å². The van der Waals surface area contributed by atoms with Gasteiger partial charge in [0, 0.05) is 17.8 Å². The molecule has 4 rings (SSSR count). The zero-order valence-corrected chi connectivity index (χ0v) is 15.7. The fourth-order valence-electron chi connectivity index (χ4n) is 4.50. The second-order valence-corrected chi connectivity index (χ2v) is 7.88. The number of rotatable bonds is 5. The van der Waals surface area contributed by atoms with Crippen LogP contribution < -0.4 is 5.32 Å². The molecule has 0 aromatic heterocycles. The lowest BCUT2D eigenvalue weighted by atomic mass is 9.82. The Bertz CT molecular complexity index is 806. The second-order valence-electron chi connectivity index (χ2n) is 7.88. The minimum Gasteiger partial charge on any atom is -0.508 e. The van der Waals surface area contributed by atoms with Gasteiger partial charge in [-0.15, -0.1) is 0 Å². The standard InChI is InChI=1S/C24H29NO/c1-17(8-7-11-18-9-3-2-4-10-18)21-14-23-22(15-24(21)26)20-13-6-5-12-19(20)16-25-23/h2-4,9-10,14-15,17,25-26H,5-8,11-13,16H2,1H3. The van der Waals surface area contributed by atoms with Gasteiger partial charge in [-0.25, -0.2) is 0 Å². The van der Waals surface area contributed by atoms with Crippen LogP contribution in [0, 0.1) is 0 Å². The van der Waals surface area contributed by atoms with Gasteiger partial charge in [0.1, 0.15) is 5.75 Å². The second kappa shape index (κ2) is 7.57. The van der Waals surface area contributed by atoms with E-state index in [4.69, 9.17) is 0 Å². The highest BCUT2D eigenvalue weighted by Crippen LogP contribution is 2.43. The van der Waals surface area contributed by atoms with E-state index < -0.39 is 0 Å². The zero-order valence-electron chi connectivity index (χ0n) is 15.7. The molecule has 1 aliphatic heterocycles. The van der Waals surface area contributed by atoms with E-state index in [-0.39, 0.29) is 0 Å². The Morgan fingerprint density at radius 1 is 1.08 bits per heavy atom. The Balaban J connectivity index is 1.48. The summed E-state index contributed by atoms with van der Waals surface area (Å²) >= 11 is 0. The number of hydrogen-bond donors (Lipinski definition) is 2. The van der Waals surface area contributed by atoms with Crippen molar-refractivity contribution < 1.29 is 5.11 Å². The van der Waals surface area contributed by atoms with E-state index in [0.29, 0.717) is 11.7 Å². The molecule has 2 aliphatic rings. The van der Waals surface area contributed by atoms with E-state index in [1.807, 2.05) is 6.07 Å². The number of anilines is 1. The lowest BCUT2D eigenvalue weighted by Crippen LogP contribution is -2.17. The Kier molecular flexibility index (Phi) is 5.01. The molecule has 1 unspecified atom stereocenters. The average molecular weight is 348 g/mol. The highest BCUT2D eigenvalue weighted by Gasteiger charge is 2.23. The van der Waals surface area contributed by atoms with Gasteiger partial charge in [0.2, 0.25) is 0 Å². The van der Waals surface area contributed by atoms with Gasteiger partial charge in [0.05, 0.1) is 0 Å². The van der Waals surface area contributed by atoms with Crippen LogP contribution in [0.4, 0.5) is 5.69 Å². The quantitative estimate of drug-likeness (QED) is 0.625. The first-order chi connectivity index (χ1) is 12.7. The van der Waals surface area contributed by atoms with Gasteiger partial charge >= 0.3 is 0 Å². The van der Waals surface area contributed by atoms with Crippen molar-refractivity contribution in [2.24, 2.45) is 0 Å². The summed E-state index contributed by atoms with van der Waals surface area (Å²) in [6, 6.07) is 14.9. The van der Waals surface area contributed by atoms with Crippen molar-refractivity contribution in [3.63, 3.8) is 0 Å². The molecule has 0 saturated carbocycles. The summed E-state index contributed by atoms with van der Waals surface area (Å²) in [5.41, 5.74) is 7.98. The molecule has 2 aromatic carbocycles. The summed E-state index contributed by atoms with van der Waals surface area (Å²) < 4.78 is 0. The molecule has 1 atom stereocenters. The number of allylic oxidation sites excluding steroid dienone is 1. The number of aryl methyl sites for hydroxylation is 1. The molecule has 2 nitrogen and oxygen atoms in total. The summed E-state index contributed by atoms with van der Waals surface area (Å²) in [5, 5.41) is 14.3. The van der Waals surface area contributed by atoms with Crippen molar-refractivity contribution in [3.8, 4) is 5.75 Å². The molecular formula is C24H29NO. The first-order valence-corrected chi connectivity index (χ1v) is 10.1. The van der Waals surface area contributed by atoms with Crippen molar-refractivity contribution >= 4 is 11.3 Å². The van der Waals surface area contributed by atoms with Gasteiger partial charge in [-0.2, -0.15) is 0 Å². The summed E-state index contributed by atoms with van der Waals surface area (Å²) in [6.07, 6.45) is 8.29. The van der Waals surface area contributed by atoms with E-state index >= 15 is 0 Å². The number of nitrogens with one attached hydrogen (secondary N) is 1. The molecule has 1 aliphatic carbocycles. The Labute approximate surface area is 157 Å². The summed E-state index contributed by atoms with van der Waals surface area (Å²) in [5.74, 6) is 0.838. The number of hydrogen-bond acceptors (Lipinski definition) is 2. The van der Waals surface area contributed by atoms with Gasteiger partial charge < -0.3 is 10.4 Å². The molecule has 2 aromatic rings. The lowest BCUT2D eigenvalue weighted by Gasteiger charge is -2.29. The van der Waals surface area contributed by atoms with Crippen LogP contribution in [-0.2, 0) is 6.42 Å². The van der Waals surface area contributed by atoms with Crippen LogP contribution in [0.15, 0.2) is 48.0 Å². The number of benzene rings is 2. The van der Waals surface area contributed by atoms with Crippen LogP contribution in [0.1, 0.15) is 68.1 Å². The molecule has 2 N–H and O–H groups in total. The fourth-order valence-corrected chi connectivity index (χ4v) is 4.50. The molecular weight excluding hydrogens is 318 g/mol. The topological polar surface area (TPSA) is 32.3 Å². The van der Waals surface area contributed by atoms with Gasteiger partial charge in [-0.3, -0.25) is 0 Å². The molecule has 0 radical (unpaired) electrons. The van der Waals surface area contributed by atoms with Crippen LogP contribution >= 0.6 is 0 Å². The Morgan fingerprint density at radius 3 is 2.73 bits per heavy atom. The molecule has 0 fully saturated rings. The van der Waals surface area contributed by atoms with E-state index in [2.05, 4.69) is 48.6 Å². The Morgan fingerprint density at radius 2 is 1.88 bits per heavy atom. The van der Waals surface area contributed by atoms with Gasteiger partial charge in [-0.1, -0.05) is 37.3 Å². The van der Waals surface area contributed by atoms with Crippen molar-refractivity contribution in [3.05, 3.63) is 64.7 Å². The van der Waals surface area contributed by atoms with Gasteiger partial charge in [0.15, 0.2) is 0 Å². The smallest absolute Gasteiger partial charge is 0.119 e. The first-order valence-electron chi connectivity index (χ1n) is 10.1. The summed E-state index contributed by atoms with van der Waals surface area (Å²) in [6.45, 7) is 3.22. The van der Waals surface area contributed by atoms with Crippen molar-refractivity contribution in [2.75, 3.05) is 11.9 Å². The third-order valence-electron chi connectivity index (χ3n) is 6.04. The number of fused-ring (bicyclic) bond motifs is 2. The van der Waals surface area contributed by atoms with E-state index in [0.717, 1.165) is 37.8 Å². The third kappa shape index (κ3) is 3.51. The minimum absolute atomic E-state index is 0.368. The molecule has 0 saturated heterocycles. The van der Waals surface area contributed by atoms with Crippen molar-refractivity contribution in [1.29, 1.82) is 0 Å². The van der Waals surface area contributed by atoms with E-state index in [9.17, 15) is 5.11 Å². The molecule has 0 spiro atoms.